The fourth-order valence-corrected chi connectivity index (χ4v) is 6.14. The van der Waals surface area contributed by atoms with E-state index in [1.165, 1.54) is 23.7 Å². The van der Waals surface area contributed by atoms with Gasteiger partial charge in [0.1, 0.15) is 6.54 Å². The zero-order chi connectivity index (χ0) is 22.9. The Morgan fingerprint density at radius 2 is 1.73 bits per heavy atom. The SMILES string of the molecule is C[C@@H]1CCC[C@H](C)N1C(=O)Cn1c(SCC(=O)N2CCc3ccccc32)nc2ccccc21. The van der Waals surface area contributed by atoms with E-state index >= 15 is 0 Å². The van der Waals surface area contributed by atoms with E-state index in [1.54, 1.807) is 0 Å². The third kappa shape index (κ3) is 4.26. The molecule has 1 aromatic heterocycles. The predicted octanol–water partition coefficient (Wildman–Crippen LogP) is 4.51. The van der Waals surface area contributed by atoms with Gasteiger partial charge in [0, 0.05) is 24.3 Å². The molecular weight excluding hydrogens is 432 g/mol. The molecule has 0 spiro atoms. The number of carbonyl (C=O) groups is 2. The van der Waals surface area contributed by atoms with Crippen molar-refractivity contribution in [1.29, 1.82) is 0 Å². The standard InChI is InChI=1S/C26H30N4O2S/c1-18-8-7-9-19(2)30(18)24(31)16-29-23-13-6-4-11-21(23)27-26(29)33-17-25(32)28-15-14-20-10-3-5-12-22(20)28/h3-6,10-13,18-19H,7-9,14-17H2,1-2H3/t18-,19+. The average Bonchev–Trinajstić information content (AvgIpc) is 3.39. The summed E-state index contributed by atoms with van der Waals surface area (Å²) in [4.78, 5) is 35.1. The molecule has 0 bridgehead atoms. The summed E-state index contributed by atoms with van der Waals surface area (Å²) in [5, 5.41) is 0.725. The molecule has 0 unspecified atom stereocenters. The summed E-state index contributed by atoms with van der Waals surface area (Å²) in [6.45, 7) is 5.25. The first-order valence-corrected chi connectivity index (χ1v) is 12.8. The van der Waals surface area contributed by atoms with Gasteiger partial charge >= 0.3 is 0 Å². The van der Waals surface area contributed by atoms with Crippen molar-refractivity contribution in [3.8, 4) is 0 Å². The normalized spacial score (nSPS) is 20.3. The molecule has 1 saturated heterocycles. The highest BCUT2D eigenvalue weighted by Gasteiger charge is 2.30. The Balaban J connectivity index is 1.36. The first-order valence-electron chi connectivity index (χ1n) is 11.8. The van der Waals surface area contributed by atoms with Crippen molar-refractivity contribution in [3.05, 3.63) is 54.1 Å². The van der Waals surface area contributed by atoms with Gasteiger partial charge in [-0.3, -0.25) is 9.59 Å². The van der Waals surface area contributed by atoms with Crippen molar-refractivity contribution >= 4 is 40.3 Å². The largest absolute Gasteiger partial charge is 0.336 e. The molecule has 3 heterocycles. The van der Waals surface area contributed by atoms with E-state index in [-0.39, 0.29) is 30.4 Å². The van der Waals surface area contributed by atoms with Crippen LogP contribution in [0.2, 0.25) is 0 Å². The lowest BCUT2D eigenvalue weighted by atomic mass is 9.97. The predicted molar refractivity (Wildman–Crippen MR) is 133 cm³/mol. The molecule has 6 nitrogen and oxygen atoms in total. The molecule has 0 radical (unpaired) electrons. The second-order valence-corrected chi connectivity index (χ2v) is 10.1. The van der Waals surface area contributed by atoms with E-state index < -0.39 is 0 Å². The maximum Gasteiger partial charge on any atom is 0.243 e. The van der Waals surface area contributed by atoms with Gasteiger partial charge in [-0.15, -0.1) is 0 Å². The van der Waals surface area contributed by atoms with Crippen LogP contribution in [-0.4, -0.2) is 50.6 Å². The van der Waals surface area contributed by atoms with Crippen molar-refractivity contribution in [3.63, 3.8) is 0 Å². The zero-order valence-electron chi connectivity index (χ0n) is 19.2. The van der Waals surface area contributed by atoms with Crippen LogP contribution >= 0.6 is 11.8 Å². The minimum absolute atomic E-state index is 0.0770. The lowest BCUT2D eigenvalue weighted by Crippen LogP contribution is -2.48. The molecule has 172 valence electrons. The van der Waals surface area contributed by atoms with Crippen LogP contribution in [0.15, 0.2) is 53.7 Å². The van der Waals surface area contributed by atoms with Gasteiger partial charge in [-0.05, 0) is 63.3 Å². The summed E-state index contributed by atoms with van der Waals surface area (Å²) >= 11 is 1.42. The minimum Gasteiger partial charge on any atom is -0.336 e. The molecule has 2 amide bonds. The summed E-state index contributed by atoms with van der Waals surface area (Å²) in [6, 6.07) is 16.5. The highest BCUT2D eigenvalue weighted by atomic mass is 32.2. The first kappa shape index (κ1) is 22.0. The number of nitrogens with zero attached hydrogens (tertiary/aromatic N) is 4. The van der Waals surface area contributed by atoms with E-state index in [4.69, 9.17) is 4.98 Å². The molecule has 0 aliphatic carbocycles. The van der Waals surface area contributed by atoms with Crippen molar-refractivity contribution in [2.24, 2.45) is 0 Å². The van der Waals surface area contributed by atoms with Gasteiger partial charge in [0.05, 0.1) is 16.8 Å². The maximum absolute atomic E-state index is 13.4. The zero-order valence-corrected chi connectivity index (χ0v) is 20.1. The molecule has 3 aromatic rings. The van der Waals surface area contributed by atoms with E-state index in [0.717, 1.165) is 47.7 Å². The monoisotopic (exact) mass is 462 g/mol. The number of hydrogen-bond acceptors (Lipinski definition) is 4. The number of carbonyl (C=O) groups excluding carboxylic acids is 2. The fourth-order valence-electron chi connectivity index (χ4n) is 5.25. The number of piperidine rings is 1. The number of thioether (sulfide) groups is 1. The number of hydrogen-bond donors (Lipinski definition) is 0. The van der Waals surface area contributed by atoms with Crippen LogP contribution in [0.25, 0.3) is 11.0 Å². The summed E-state index contributed by atoms with van der Waals surface area (Å²) in [7, 11) is 0. The van der Waals surface area contributed by atoms with Gasteiger partial charge < -0.3 is 14.4 Å². The average molecular weight is 463 g/mol. The van der Waals surface area contributed by atoms with Crippen LogP contribution in [0, 0.1) is 0 Å². The van der Waals surface area contributed by atoms with Gasteiger partial charge in [-0.2, -0.15) is 0 Å². The Hall–Kier alpha value is -2.80. The molecule has 5 rings (SSSR count). The molecule has 2 aromatic carbocycles. The second-order valence-electron chi connectivity index (χ2n) is 9.11. The van der Waals surface area contributed by atoms with E-state index in [2.05, 4.69) is 19.9 Å². The molecule has 2 aliphatic rings. The second kappa shape index (κ2) is 9.21. The number of benzene rings is 2. The first-order chi connectivity index (χ1) is 16.0. The van der Waals surface area contributed by atoms with Gasteiger partial charge in [-0.1, -0.05) is 42.1 Å². The number of para-hydroxylation sites is 3. The van der Waals surface area contributed by atoms with Crippen molar-refractivity contribution in [1.82, 2.24) is 14.5 Å². The van der Waals surface area contributed by atoms with E-state index in [1.807, 2.05) is 56.8 Å². The number of anilines is 1. The van der Waals surface area contributed by atoms with Gasteiger partial charge in [0.15, 0.2) is 5.16 Å². The lowest BCUT2D eigenvalue weighted by Gasteiger charge is -2.39. The summed E-state index contributed by atoms with van der Waals surface area (Å²) in [5.41, 5.74) is 4.02. The number of rotatable bonds is 5. The van der Waals surface area contributed by atoms with Gasteiger partial charge in [0.25, 0.3) is 0 Å². The number of fused-ring (bicyclic) bond motifs is 2. The smallest absolute Gasteiger partial charge is 0.243 e. The third-order valence-corrected chi connectivity index (χ3v) is 7.87. The van der Waals surface area contributed by atoms with E-state index in [0.29, 0.717) is 5.75 Å². The Morgan fingerprint density at radius 3 is 2.55 bits per heavy atom. The molecular formula is C26H30N4O2S. The Kier molecular flexibility index (Phi) is 6.15. The van der Waals surface area contributed by atoms with Crippen LogP contribution in [0.3, 0.4) is 0 Å². The van der Waals surface area contributed by atoms with Crippen LogP contribution in [0.1, 0.15) is 38.7 Å². The molecule has 0 saturated carbocycles. The summed E-state index contributed by atoms with van der Waals surface area (Å²) in [6.07, 6.45) is 4.16. The molecule has 0 N–H and O–H groups in total. The summed E-state index contributed by atoms with van der Waals surface area (Å²) < 4.78 is 1.99. The summed E-state index contributed by atoms with van der Waals surface area (Å²) in [5.74, 6) is 0.496. The van der Waals surface area contributed by atoms with Crippen molar-refractivity contribution in [2.45, 2.75) is 63.3 Å². The molecule has 7 heteroatoms. The highest BCUT2D eigenvalue weighted by molar-refractivity contribution is 7.99. The highest BCUT2D eigenvalue weighted by Crippen LogP contribution is 2.30. The van der Waals surface area contributed by atoms with Crippen LogP contribution in [-0.2, 0) is 22.6 Å². The number of amides is 2. The number of likely N-dealkylation sites (tertiary alicyclic amines) is 1. The quantitative estimate of drug-likeness (QED) is 0.524. The molecule has 2 aliphatic heterocycles. The molecule has 1 fully saturated rings. The number of imidazole rings is 1. The van der Waals surface area contributed by atoms with E-state index in [9.17, 15) is 9.59 Å². The van der Waals surface area contributed by atoms with Gasteiger partial charge in [-0.25, -0.2) is 4.98 Å². The molecule has 2 atom stereocenters. The van der Waals surface area contributed by atoms with Crippen molar-refractivity contribution < 1.29 is 9.59 Å². The molecule has 33 heavy (non-hydrogen) atoms. The maximum atomic E-state index is 13.4. The van der Waals surface area contributed by atoms with Gasteiger partial charge in [0.2, 0.25) is 11.8 Å². The van der Waals surface area contributed by atoms with Crippen LogP contribution < -0.4 is 4.90 Å². The number of aromatic nitrogens is 2. The lowest BCUT2D eigenvalue weighted by molar-refractivity contribution is -0.138. The third-order valence-electron chi connectivity index (χ3n) is 6.91. The Labute approximate surface area is 199 Å². The topological polar surface area (TPSA) is 58.4 Å². The Morgan fingerprint density at radius 1 is 1.00 bits per heavy atom. The van der Waals surface area contributed by atoms with Crippen molar-refractivity contribution in [2.75, 3.05) is 17.2 Å². The van der Waals surface area contributed by atoms with Crippen LogP contribution in [0.5, 0.6) is 0 Å². The Bertz CT molecular complexity index is 1180. The minimum atomic E-state index is 0.0770. The fraction of sp³-hybridized carbons (Fsp3) is 0.423. The van der Waals surface area contributed by atoms with Crippen LogP contribution in [0.4, 0.5) is 5.69 Å².